The Bertz CT molecular complexity index is 517. The van der Waals surface area contributed by atoms with Crippen LogP contribution in [0.25, 0.3) is 0 Å². The van der Waals surface area contributed by atoms with E-state index in [2.05, 4.69) is 0 Å². The van der Waals surface area contributed by atoms with Gasteiger partial charge >= 0.3 is 0 Å². The highest BCUT2D eigenvalue weighted by Gasteiger charge is 2.21. The molecule has 1 rings (SSSR count). The van der Waals surface area contributed by atoms with Crippen LogP contribution in [0, 0.1) is 0 Å². The van der Waals surface area contributed by atoms with Gasteiger partial charge < -0.3 is 5.11 Å². The molecule has 0 saturated heterocycles. The lowest BCUT2D eigenvalue weighted by Crippen LogP contribution is -2.34. The molecule has 0 heterocycles. The highest BCUT2D eigenvalue weighted by Crippen LogP contribution is 2.23. The molecule has 0 bridgehead atoms. The number of aliphatic hydroxyl groups excluding tert-OH is 1. The highest BCUT2D eigenvalue weighted by atomic mass is 35.5. The standard InChI is InChI=1S/C11H15Cl2NO3S/c1-8(15)6-14(2)18(16,17)7-9-3-4-10(12)5-11(9)13/h3-5,8,15H,6-7H2,1-2H3/t8-/m1/s1. The first-order chi connectivity index (χ1) is 8.22. The quantitative estimate of drug-likeness (QED) is 0.906. The van der Waals surface area contributed by atoms with Crippen LogP contribution in [-0.4, -0.2) is 37.5 Å². The van der Waals surface area contributed by atoms with Crippen molar-refractivity contribution >= 4 is 33.2 Å². The third kappa shape index (κ3) is 4.40. The SMILES string of the molecule is C[C@@H](O)CN(C)S(=O)(=O)Cc1ccc(Cl)cc1Cl. The summed E-state index contributed by atoms with van der Waals surface area (Å²) in [5.74, 6) is -0.216. The summed E-state index contributed by atoms with van der Waals surface area (Å²) in [6, 6.07) is 4.67. The van der Waals surface area contributed by atoms with Gasteiger partial charge in [0.05, 0.1) is 11.9 Å². The van der Waals surface area contributed by atoms with Crippen LogP contribution in [0.3, 0.4) is 0 Å². The fourth-order valence-electron chi connectivity index (χ4n) is 1.43. The largest absolute Gasteiger partial charge is 0.392 e. The van der Waals surface area contributed by atoms with Gasteiger partial charge in [-0.3, -0.25) is 0 Å². The van der Waals surface area contributed by atoms with Crippen LogP contribution in [0.5, 0.6) is 0 Å². The molecule has 0 fully saturated rings. The van der Waals surface area contributed by atoms with Gasteiger partial charge in [0.2, 0.25) is 10.0 Å². The first-order valence-corrected chi connectivity index (χ1v) is 7.65. The van der Waals surface area contributed by atoms with Gasteiger partial charge in [-0.25, -0.2) is 12.7 Å². The molecule has 1 N–H and O–H groups in total. The molecule has 0 radical (unpaired) electrons. The minimum absolute atomic E-state index is 0.0491. The normalized spacial score (nSPS) is 13.9. The molecule has 0 unspecified atom stereocenters. The number of likely N-dealkylation sites (N-methyl/N-ethyl adjacent to an activating group) is 1. The van der Waals surface area contributed by atoms with Crippen LogP contribution in [-0.2, 0) is 15.8 Å². The zero-order chi connectivity index (χ0) is 13.9. The molecule has 0 amide bonds. The smallest absolute Gasteiger partial charge is 0.218 e. The number of rotatable bonds is 5. The Kier molecular flexibility index (Phi) is 5.43. The molecule has 0 aliphatic rings. The van der Waals surface area contributed by atoms with Crippen LogP contribution in [0.2, 0.25) is 10.0 Å². The summed E-state index contributed by atoms with van der Waals surface area (Å²) in [7, 11) is -2.08. The third-order valence-corrected chi connectivity index (χ3v) is 4.71. The molecule has 0 spiro atoms. The molecule has 0 saturated carbocycles. The van der Waals surface area contributed by atoms with Crippen molar-refractivity contribution in [3.05, 3.63) is 33.8 Å². The lowest BCUT2D eigenvalue weighted by atomic mass is 10.2. The summed E-state index contributed by atoms with van der Waals surface area (Å²) in [5.41, 5.74) is 0.485. The maximum absolute atomic E-state index is 12.0. The fraction of sp³-hybridized carbons (Fsp3) is 0.455. The molecular weight excluding hydrogens is 297 g/mol. The van der Waals surface area contributed by atoms with Gasteiger partial charge in [0.15, 0.2) is 0 Å². The van der Waals surface area contributed by atoms with Crippen LogP contribution in [0.4, 0.5) is 0 Å². The number of halogens is 2. The molecule has 1 aromatic carbocycles. The summed E-state index contributed by atoms with van der Waals surface area (Å²) in [6.45, 7) is 1.58. The highest BCUT2D eigenvalue weighted by molar-refractivity contribution is 7.88. The average molecular weight is 312 g/mol. The minimum Gasteiger partial charge on any atom is -0.392 e. The molecule has 4 nitrogen and oxygen atoms in total. The van der Waals surface area contributed by atoms with Gasteiger partial charge in [-0.05, 0) is 24.6 Å². The number of sulfonamides is 1. The fourth-order valence-corrected chi connectivity index (χ4v) is 3.29. The van der Waals surface area contributed by atoms with E-state index in [0.717, 1.165) is 4.31 Å². The van der Waals surface area contributed by atoms with Crippen molar-refractivity contribution in [1.82, 2.24) is 4.31 Å². The van der Waals surface area contributed by atoms with Crippen LogP contribution >= 0.6 is 23.2 Å². The second-order valence-corrected chi connectivity index (χ2v) is 7.04. The predicted molar refractivity (Wildman–Crippen MR) is 73.4 cm³/mol. The van der Waals surface area contributed by atoms with Crippen LogP contribution < -0.4 is 0 Å². The first kappa shape index (κ1) is 15.7. The van der Waals surface area contributed by atoms with Crippen molar-refractivity contribution in [2.24, 2.45) is 0 Å². The second kappa shape index (κ2) is 6.21. The lowest BCUT2D eigenvalue weighted by molar-refractivity contribution is 0.171. The Morgan fingerprint density at radius 1 is 1.39 bits per heavy atom. The maximum Gasteiger partial charge on any atom is 0.218 e. The molecule has 0 aliphatic carbocycles. The topological polar surface area (TPSA) is 57.6 Å². The van der Waals surface area contributed by atoms with Crippen LogP contribution in [0.15, 0.2) is 18.2 Å². The van der Waals surface area contributed by atoms with E-state index in [4.69, 9.17) is 23.2 Å². The third-order valence-electron chi connectivity index (χ3n) is 2.35. The Hall–Kier alpha value is -0.330. The van der Waals surface area contributed by atoms with Crippen molar-refractivity contribution in [3.8, 4) is 0 Å². The van der Waals surface area contributed by atoms with Gasteiger partial charge in [0, 0.05) is 23.6 Å². The molecular formula is C11H15Cl2NO3S. The number of hydrogen-bond acceptors (Lipinski definition) is 3. The molecule has 18 heavy (non-hydrogen) atoms. The van der Waals surface area contributed by atoms with Gasteiger partial charge in [-0.2, -0.15) is 0 Å². The molecule has 7 heteroatoms. The number of nitrogens with zero attached hydrogens (tertiary/aromatic N) is 1. The van der Waals surface area contributed by atoms with Crippen molar-refractivity contribution in [2.75, 3.05) is 13.6 Å². The second-order valence-electron chi connectivity index (χ2n) is 4.12. The Balaban J connectivity index is 2.88. The van der Waals surface area contributed by atoms with E-state index in [1.165, 1.54) is 20.0 Å². The van der Waals surface area contributed by atoms with Gasteiger partial charge in [-0.15, -0.1) is 0 Å². The van der Waals surface area contributed by atoms with E-state index in [0.29, 0.717) is 15.6 Å². The number of aliphatic hydroxyl groups is 1. The Morgan fingerprint density at radius 2 is 2.00 bits per heavy atom. The van der Waals surface area contributed by atoms with Gasteiger partial charge in [-0.1, -0.05) is 29.3 Å². The summed E-state index contributed by atoms with van der Waals surface area (Å²) >= 11 is 11.7. The van der Waals surface area contributed by atoms with E-state index in [1.54, 1.807) is 12.1 Å². The molecule has 1 atom stereocenters. The van der Waals surface area contributed by atoms with E-state index in [1.807, 2.05) is 0 Å². The number of hydrogen-bond donors (Lipinski definition) is 1. The van der Waals surface area contributed by atoms with Gasteiger partial charge in [0.1, 0.15) is 0 Å². The molecule has 102 valence electrons. The summed E-state index contributed by atoms with van der Waals surface area (Å²) < 4.78 is 25.1. The zero-order valence-corrected chi connectivity index (χ0v) is 12.4. The summed E-state index contributed by atoms with van der Waals surface area (Å²) in [5, 5.41) is 9.97. The molecule has 0 aromatic heterocycles. The summed E-state index contributed by atoms with van der Waals surface area (Å²) in [4.78, 5) is 0. The maximum atomic E-state index is 12.0. The minimum atomic E-state index is -3.50. The Labute approximate surface area is 117 Å². The van der Waals surface area contributed by atoms with E-state index >= 15 is 0 Å². The van der Waals surface area contributed by atoms with E-state index < -0.39 is 16.1 Å². The van der Waals surface area contributed by atoms with Crippen molar-refractivity contribution in [3.63, 3.8) is 0 Å². The van der Waals surface area contributed by atoms with Gasteiger partial charge in [0.25, 0.3) is 0 Å². The number of benzene rings is 1. The Morgan fingerprint density at radius 3 is 2.50 bits per heavy atom. The average Bonchev–Trinajstić information content (AvgIpc) is 2.21. The predicted octanol–water partition coefficient (Wildman–Crippen LogP) is 2.14. The first-order valence-electron chi connectivity index (χ1n) is 5.28. The van der Waals surface area contributed by atoms with Crippen molar-refractivity contribution < 1.29 is 13.5 Å². The zero-order valence-electron chi connectivity index (χ0n) is 10.1. The molecule has 0 aliphatic heterocycles. The van der Waals surface area contributed by atoms with E-state index in [9.17, 15) is 13.5 Å². The van der Waals surface area contributed by atoms with E-state index in [-0.39, 0.29) is 12.3 Å². The summed E-state index contributed by atoms with van der Waals surface area (Å²) in [6.07, 6.45) is -0.717. The molecule has 1 aromatic rings. The van der Waals surface area contributed by atoms with Crippen molar-refractivity contribution in [1.29, 1.82) is 0 Å². The van der Waals surface area contributed by atoms with Crippen molar-refractivity contribution in [2.45, 2.75) is 18.8 Å². The van der Waals surface area contributed by atoms with Crippen LogP contribution in [0.1, 0.15) is 12.5 Å². The monoisotopic (exact) mass is 311 g/mol. The lowest BCUT2D eigenvalue weighted by Gasteiger charge is -2.19.